The summed E-state index contributed by atoms with van der Waals surface area (Å²) in [5, 5.41) is 2.68. The van der Waals surface area contributed by atoms with Gasteiger partial charge >= 0.3 is 5.97 Å². The van der Waals surface area contributed by atoms with Crippen LogP contribution in [0.15, 0.2) is 24.3 Å². The number of esters is 1. The van der Waals surface area contributed by atoms with E-state index in [1.165, 1.54) is 19.6 Å². The molecule has 1 N–H and O–H groups in total. The van der Waals surface area contributed by atoms with E-state index in [0.717, 1.165) is 6.42 Å². The lowest BCUT2D eigenvalue weighted by Gasteiger charge is -2.13. The lowest BCUT2D eigenvalue weighted by atomic mass is 10.1. The lowest BCUT2D eigenvalue weighted by molar-refractivity contribution is -0.156. The van der Waals surface area contributed by atoms with Crippen LogP contribution in [-0.2, 0) is 25.5 Å². The third-order valence-electron chi connectivity index (χ3n) is 2.57. The highest BCUT2D eigenvalue weighted by Crippen LogP contribution is 2.10. The highest BCUT2D eigenvalue weighted by molar-refractivity contribution is 5.95. The normalized spacial score (nSPS) is 11.7. The van der Waals surface area contributed by atoms with Gasteiger partial charge in [0.2, 0.25) is 0 Å². The molecular weight excluding hydrogens is 246 g/mol. The van der Waals surface area contributed by atoms with E-state index in [1.54, 1.807) is 0 Å². The summed E-state index contributed by atoms with van der Waals surface area (Å²) in [7, 11) is 1.39. The second-order valence-corrected chi connectivity index (χ2v) is 4.10. The molecule has 0 heterocycles. The molecule has 0 unspecified atom stereocenters. The molecule has 5 heteroatoms. The first-order valence-electron chi connectivity index (χ1n) is 6.15. The van der Waals surface area contributed by atoms with Crippen LogP contribution in [0.4, 0.5) is 5.69 Å². The maximum Gasteiger partial charge on any atom is 0.332 e. The summed E-state index contributed by atoms with van der Waals surface area (Å²) < 4.78 is 9.52. The number of anilines is 1. The number of rotatable bonds is 6. The number of methoxy groups -OCH3 is 1. The number of hydrogen-bond acceptors (Lipinski definition) is 4. The fourth-order valence-electron chi connectivity index (χ4n) is 1.47. The molecule has 0 aliphatic heterocycles. The average molecular weight is 265 g/mol. The second-order valence-electron chi connectivity index (χ2n) is 4.10. The first-order valence-corrected chi connectivity index (χ1v) is 6.15. The van der Waals surface area contributed by atoms with E-state index in [-0.39, 0.29) is 12.5 Å². The van der Waals surface area contributed by atoms with Crippen LogP contribution in [-0.4, -0.2) is 31.7 Å². The highest BCUT2D eigenvalue weighted by Gasteiger charge is 2.17. The number of hydrogen-bond donors (Lipinski definition) is 1. The number of carbonyl (C=O) groups is 2. The summed E-state index contributed by atoms with van der Waals surface area (Å²) in [5.41, 5.74) is 1.87. The van der Waals surface area contributed by atoms with Gasteiger partial charge < -0.3 is 14.8 Å². The Bertz CT molecular complexity index is 428. The van der Waals surface area contributed by atoms with Crippen molar-refractivity contribution in [3.8, 4) is 0 Å². The Morgan fingerprint density at radius 3 is 2.42 bits per heavy atom. The monoisotopic (exact) mass is 265 g/mol. The molecule has 0 saturated carbocycles. The molecule has 0 spiro atoms. The van der Waals surface area contributed by atoms with Crippen molar-refractivity contribution in [1.29, 1.82) is 0 Å². The summed E-state index contributed by atoms with van der Waals surface area (Å²) in [6.45, 7) is 3.41. The van der Waals surface area contributed by atoms with Gasteiger partial charge in [-0.2, -0.15) is 0 Å². The number of ether oxygens (including phenoxy) is 2. The quantitative estimate of drug-likeness (QED) is 0.796. The van der Waals surface area contributed by atoms with Crippen LogP contribution >= 0.6 is 0 Å². The number of carbonyl (C=O) groups excluding carboxylic acids is 2. The van der Waals surface area contributed by atoms with Gasteiger partial charge in [0.15, 0.2) is 6.10 Å². The van der Waals surface area contributed by atoms with Crippen molar-refractivity contribution in [2.45, 2.75) is 26.4 Å². The van der Waals surface area contributed by atoms with E-state index in [2.05, 4.69) is 17.0 Å². The van der Waals surface area contributed by atoms with Crippen molar-refractivity contribution in [3.05, 3.63) is 29.8 Å². The third-order valence-corrected chi connectivity index (χ3v) is 2.57. The summed E-state index contributed by atoms with van der Waals surface area (Å²) in [4.78, 5) is 22.9. The SMILES string of the molecule is CCc1ccc(NC(=O)[C@H](C)OC(=O)COC)cc1. The van der Waals surface area contributed by atoms with E-state index < -0.39 is 12.1 Å². The fourth-order valence-corrected chi connectivity index (χ4v) is 1.47. The zero-order chi connectivity index (χ0) is 14.3. The smallest absolute Gasteiger partial charge is 0.332 e. The van der Waals surface area contributed by atoms with E-state index >= 15 is 0 Å². The molecule has 1 aromatic rings. The average Bonchev–Trinajstić information content (AvgIpc) is 2.39. The molecule has 0 saturated heterocycles. The Kier molecular flexibility index (Phi) is 6.02. The number of nitrogens with one attached hydrogen (secondary N) is 1. The third kappa shape index (κ3) is 5.09. The molecule has 1 rings (SSSR count). The molecule has 0 aromatic heterocycles. The van der Waals surface area contributed by atoms with E-state index in [9.17, 15) is 9.59 Å². The minimum atomic E-state index is -0.853. The van der Waals surface area contributed by atoms with E-state index in [1.807, 2.05) is 24.3 Å². The van der Waals surface area contributed by atoms with Crippen LogP contribution in [0.3, 0.4) is 0 Å². The first-order chi connectivity index (χ1) is 9.06. The molecule has 0 aliphatic carbocycles. The van der Waals surface area contributed by atoms with Gasteiger partial charge in [-0.1, -0.05) is 19.1 Å². The zero-order valence-corrected chi connectivity index (χ0v) is 11.4. The Morgan fingerprint density at radius 1 is 1.26 bits per heavy atom. The first kappa shape index (κ1) is 15.2. The second kappa shape index (κ2) is 7.53. The molecule has 0 bridgehead atoms. The highest BCUT2D eigenvalue weighted by atomic mass is 16.6. The topological polar surface area (TPSA) is 64.6 Å². The van der Waals surface area contributed by atoms with Crippen LogP contribution in [0.2, 0.25) is 0 Å². The van der Waals surface area contributed by atoms with Gasteiger partial charge in [-0.05, 0) is 31.0 Å². The maximum absolute atomic E-state index is 11.8. The summed E-state index contributed by atoms with van der Waals surface area (Å²) in [6, 6.07) is 7.52. The number of benzene rings is 1. The molecule has 0 radical (unpaired) electrons. The molecule has 0 fully saturated rings. The minimum absolute atomic E-state index is 0.164. The molecule has 1 aromatic carbocycles. The number of amides is 1. The van der Waals surface area contributed by atoms with Gasteiger partial charge in [-0.3, -0.25) is 4.79 Å². The van der Waals surface area contributed by atoms with Gasteiger partial charge in [0.25, 0.3) is 5.91 Å². The van der Waals surface area contributed by atoms with Crippen molar-refractivity contribution < 1.29 is 19.1 Å². The van der Waals surface area contributed by atoms with Crippen LogP contribution in [0, 0.1) is 0 Å². The molecule has 1 atom stereocenters. The summed E-state index contributed by atoms with van der Waals surface area (Å²) in [5.74, 6) is -0.930. The maximum atomic E-state index is 11.8. The molecule has 5 nitrogen and oxygen atoms in total. The van der Waals surface area contributed by atoms with E-state index in [4.69, 9.17) is 4.74 Å². The standard InChI is InChI=1S/C14H19NO4/c1-4-11-5-7-12(8-6-11)15-14(17)10(2)19-13(16)9-18-3/h5-8,10H,4,9H2,1-3H3,(H,15,17)/t10-/m0/s1. The van der Waals surface area contributed by atoms with Crippen LogP contribution < -0.4 is 5.32 Å². The Balaban J connectivity index is 2.51. The Morgan fingerprint density at radius 2 is 1.89 bits per heavy atom. The van der Waals surface area contributed by atoms with Crippen molar-refractivity contribution in [2.75, 3.05) is 19.0 Å². The molecule has 1 amide bonds. The van der Waals surface area contributed by atoms with Crippen LogP contribution in [0.1, 0.15) is 19.4 Å². The molecular formula is C14H19NO4. The largest absolute Gasteiger partial charge is 0.451 e. The zero-order valence-electron chi connectivity index (χ0n) is 11.4. The van der Waals surface area contributed by atoms with Gasteiger partial charge in [-0.25, -0.2) is 4.79 Å². The summed E-state index contributed by atoms with van der Waals surface area (Å²) in [6.07, 6.45) is 0.0905. The molecule has 19 heavy (non-hydrogen) atoms. The van der Waals surface area contributed by atoms with E-state index in [0.29, 0.717) is 5.69 Å². The van der Waals surface area contributed by atoms with Crippen molar-refractivity contribution in [3.63, 3.8) is 0 Å². The van der Waals surface area contributed by atoms with Gasteiger partial charge in [0, 0.05) is 12.8 Å². The molecule has 104 valence electrons. The fraction of sp³-hybridized carbons (Fsp3) is 0.429. The minimum Gasteiger partial charge on any atom is -0.451 e. The number of aryl methyl sites for hydroxylation is 1. The van der Waals surface area contributed by atoms with Crippen molar-refractivity contribution >= 4 is 17.6 Å². The van der Waals surface area contributed by atoms with Gasteiger partial charge in [0.05, 0.1) is 0 Å². The van der Waals surface area contributed by atoms with Crippen molar-refractivity contribution in [1.82, 2.24) is 0 Å². The lowest BCUT2D eigenvalue weighted by Crippen LogP contribution is -2.31. The Hall–Kier alpha value is -1.88. The van der Waals surface area contributed by atoms with Gasteiger partial charge in [0.1, 0.15) is 6.61 Å². The Labute approximate surface area is 112 Å². The predicted octanol–water partition coefficient (Wildman–Crippen LogP) is 1.77. The van der Waals surface area contributed by atoms with Crippen molar-refractivity contribution in [2.24, 2.45) is 0 Å². The predicted molar refractivity (Wildman–Crippen MR) is 71.9 cm³/mol. The van der Waals surface area contributed by atoms with Crippen LogP contribution in [0.25, 0.3) is 0 Å². The van der Waals surface area contributed by atoms with Gasteiger partial charge in [-0.15, -0.1) is 0 Å². The molecule has 0 aliphatic rings. The van der Waals surface area contributed by atoms with Crippen LogP contribution in [0.5, 0.6) is 0 Å². The summed E-state index contributed by atoms with van der Waals surface area (Å²) >= 11 is 0.